The minimum absolute atomic E-state index is 0. The van der Waals surface area contributed by atoms with Gasteiger partial charge in [-0.15, -0.1) is 0 Å². The number of amides is 2. The molecule has 0 radical (unpaired) electrons. The first-order chi connectivity index (χ1) is 7.44. The van der Waals surface area contributed by atoms with Gasteiger partial charge >= 0.3 is 12.2 Å². The number of hydrogen-bond donors (Lipinski definition) is 2. The third-order valence-electron chi connectivity index (χ3n) is 2.07. The predicted octanol–water partition coefficient (Wildman–Crippen LogP) is 2.01. The van der Waals surface area contributed by atoms with Gasteiger partial charge in [-0.1, -0.05) is 0 Å². The summed E-state index contributed by atoms with van der Waals surface area (Å²) >= 11 is 0. The van der Waals surface area contributed by atoms with E-state index < -0.39 is 12.2 Å². The zero-order valence-electron chi connectivity index (χ0n) is 11.1. The Labute approximate surface area is 115 Å². The summed E-state index contributed by atoms with van der Waals surface area (Å²) < 4.78 is 0. The van der Waals surface area contributed by atoms with Crippen LogP contribution in [-0.2, 0) is 19.5 Å². The average molecular weight is 300 g/mol. The van der Waals surface area contributed by atoms with Gasteiger partial charge in [0.05, 0.1) is 0 Å². The van der Waals surface area contributed by atoms with Crippen molar-refractivity contribution in [2.75, 3.05) is 26.2 Å². The van der Waals surface area contributed by atoms with E-state index in [0.717, 1.165) is 0 Å². The molecule has 7 heteroatoms. The fourth-order valence-electron chi connectivity index (χ4n) is 0.988. The molecule has 2 N–H and O–H groups in total. The summed E-state index contributed by atoms with van der Waals surface area (Å²) in [7, 11) is 0. The second kappa shape index (κ2) is 13.2. The molecule has 0 fully saturated rings. The predicted molar refractivity (Wildman–Crippen MR) is 61.9 cm³/mol. The van der Waals surface area contributed by atoms with E-state index in [1.165, 1.54) is 9.80 Å². The van der Waals surface area contributed by atoms with Gasteiger partial charge in [-0.25, -0.2) is 9.59 Å². The van der Waals surface area contributed by atoms with E-state index in [1.54, 1.807) is 0 Å². The van der Waals surface area contributed by atoms with Gasteiger partial charge in [0, 0.05) is 45.7 Å². The fraction of sp³-hybridized carbons (Fsp3) is 0.800. The maximum absolute atomic E-state index is 10.1. The number of carbonyl (C=O) groups is 2. The first kappa shape index (κ1) is 21.4. The molecule has 6 nitrogen and oxygen atoms in total. The van der Waals surface area contributed by atoms with Crippen LogP contribution in [0.4, 0.5) is 9.59 Å². The first-order valence-electron chi connectivity index (χ1n) is 5.40. The van der Waals surface area contributed by atoms with Crippen LogP contribution in [0.2, 0.25) is 0 Å². The van der Waals surface area contributed by atoms with E-state index in [-0.39, 0.29) is 19.5 Å². The molecule has 0 aromatic rings. The van der Waals surface area contributed by atoms with Crippen molar-refractivity contribution in [3.63, 3.8) is 0 Å². The van der Waals surface area contributed by atoms with Gasteiger partial charge in [0.25, 0.3) is 0 Å². The van der Waals surface area contributed by atoms with Crippen molar-refractivity contribution >= 4 is 12.2 Å². The second-order valence-corrected chi connectivity index (χ2v) is 2.91. The van der Waals surface area contributed by atoms with Crippen molar-refractivity contribution in [2.45, 2.75) is 27.7 Å². The maximum Gasteiger partial charge on any atom is 0.407 e. The quantitative estimate of drug-likeness (QED) is 0.778. The number of carboxylic acid groups (broad SMARTS) is 2. The maximum atomic E-state index is 10.1. The Hall–Kier alpha value is -0.837. The fourth-order valence-corrected chi connectivity index (χ4v) is 0.988. The molecule has 0 spiro atoms. The molecule has 0 heterocycles. The zero-order valence-corrected chi connectivity index (χ0v) is 14.1. The summed E-state index contributed by atoms with van der Waals surface area (Å²) in [5.41, 5.74) is 0. The average Bonchev–Trinajstić information content (AvgIpc) is 2.21. The van der Waals surface area contributed by atoms with E-state index in [1.807, 2.05) is 27.7 Å². The number of nitrogens with zero attached hydrogens (tertiary/aromatic N) is 2. The van der Waals surface area contributed by atoms with Crippen LogP contribution in [0.3, 0.4) is 0 Å². The Morgan fingerprint density at radius 2 is 0.941 bits per heavy atom. The molecule has 17 heavy (non-hydrogen) atoms. The van der Waals surface area contributed by atoms with Gasteiger partial charge in [-0.3, -0.25) is 0 Å². The Morgan fingerprint density at radius 3 is 0.941 bits per heavy atom. The molecular formula is C10H22N2O4Zn. The third-order valence-corrected chi connectivity index (χ3v) is 2.07. The summed E-state index contributed by atoms with van der Waals surface area (Å²) in [5, 5.41) is 16.6. The molecule has 0 atom stereocenters. The number of hydrogen-bond acceptors (Lipinski definition) is 2. The van der Waals surface area contributed by atoms with E-state index in [0.29, 0.717) is 26.2 Å². The standard InChI is InChI=1S/2C5H11NO2.Zn/c2*1-3-6(4-2)5(7)8;/h2*3-4H2,1-2H3,(H,7,8);. The molecule has 0 saturated heterocycles. The van der Waals surface area contributed by atoms with Crippen molar-refractivity contribution in [2.24, 2.45) is 0 Å². The minimum Gasteiger partial charge on any atom is -0.465 e. The van der Waals surface area contributed by atoms with E-state index >= 15 is 0 Å². The van der Waals surface area contributed by atoms with Crippen molar-refractivity contribution in [1.29, 1.82) is 0 Å². The van der Waals surface area contributed by atoms with Crippen molar-refractivity contribution in [3.05, 3.63) is 0 Å². The molecule has 0 bridgehead atoms. The molecule has 0 unspecified atom stereocenters. The summed E-state index contributed by atoms with van der Waals surface area (Å²) in [6.07, 6.45) is -1.68. The second-order valence-electron chi connectivity index (χ2n) is 2.91. The van der Waals surface area contributed by atoms with Crippen LogP contribution >= 0.6 is 0 Å². The van der Waals surface area contributed by atoms with Crippen molar-refractivity contribution in [3.8, 4) is 0 Å². The molecule has 0 saturated carbocycles. The zero-order chi connectivity index (χ0) is 13.1. The van der Waals surface area contributed by atoms with E-state index in [9.17, 15) is 9.59 Å². The molecule has 0 rings (SSSR count). The largest absolute Gasteiger partial charge is 0.465 e. The smallest absolute Gasteiger partial charge is 0.407 e. The minimum atomic E-state index is -0.838. The summed E-state index contributed by atoms with van der Waals surface area (Å²) in [5.74, 6) is 0. The van der Waals surface area contributed by atoms with Crippen LogP contribution in [0.1, 0.15) is 27.7 Å². The first-order valence-corrected chi connectivity index (χ1v) is 5.40. The Bertz CT molecular complexity index is 184. The van der Waals surface area contributed by atoms with Crippen LogP contribution in [0, 0.1) is 0 Å². The van der Waals surface area contributed by atoms with Gasteiger partial charge in [0.1, 0.15) is 0 Å². The molecule has 0 aliphatic carbocycles. The normalized spacial score (nSPS) is 8.24. The molecular weight excluding hydrogens is 278 g/mol. The summed E-state index contributed by atoms with van der Waals surface area (Å²) in [4.78, 5) is 22.8. The van der Waals surface area contributed by atoms with E-state index in [4.69, 9.17) is 10.2 Å². The molecule has 2 amide bonds. The van der Waals surface area contributed by atoms with Gasteiger partial charge in [-0.2, -0.15) is 0 Å². The van der Waals surface area contributed by atoms with Gasteiger partial charge < -0.3 is 20.0 Å². The Balaban J connectivity index is -0.000000218. The van der Waals surface area contributed by atoms with Gasteiger partial charge in [0.15, 0.2) is 0 Å². The SMILES string of the molecule is CCN(CC)C(=O)O.CCN(CC)C(=O)O.[Zn]. The van der Waals surface area contributed by atoms with Crippen LogP contribution < -0.4 is 0 Å². The monoisotopic (exact) mass is 298 g/mol. The van der Waals surface area contributed by atoms with Gasteiger partial charge in [0.2, 0.25) is 0 Å². The van der Waals surface area contributed by atoms with E-state index in [2.05, 4.69) is 0 Å². The topological polar surface area (TPSA) is 81.1 Å². The number of rotatable bonds is 4. The summed E-state index contributed by atoms with van der Waals surface area (Å²) in [6.45, 7) is 9.57. The van der Waals surface area contributed by atoms with Crippen LogP contribution in [0.5, 0.6) is 0 Å². The molecule has 98 valence electrons. The third kappa shape index (κ3) is 11.4. The van der Waals surface area contributed by atoms with Crippen molar-refractivity contribution in [1.82, 2.24) is 9.80 Å². The Kier molecular flexibility index (Phi) is 16.7. The van der Waals surface area contributed by atoms with Crippen LogP contribution in [0.15, 0.2) is 0 Å². The molecule has 0 aliphatic heterocycles. The molecule has 0 aromatic carbocycles. The van der Waals surface area contributed by atoms with Gasteiger partial charge in [-0.05, 0) is 27.7 Å². The Morgan fingerprint density at radius 1 is 0.765 bits per heavy atom. The van der Waals surface area contributed by atoms with Crippen LogP contribution in [-0.4, -0.2) is 58.4 Å². The molecule has 0 aromatic heterocycles. The van der Waals surface area contributed by atoms with Crippen molar-refractivity contribution < 1.29 is 39.3 Å². The summed E-state index contributed by atoms with van der Waals surface area (Å²) in [6, 6.07) is 0. The molecule has 0 aliphatic rings. The van der Waals surface area contributed by atoms with Crippen LogP contribution in [0.25, 0.3) is 0 Å².